The Morgan fingerprint density at radius 2 is 1.90 bits per heavy atom. The highest BCUT2D eigenvalue weighted by atomic mass is 19.4. The second kappa shape index (κ2) is 6.15. The van der Waals surface area contributed by atoms with Crippen LogP contribution in [-0.4, -0.2) is 18.7 Å². The van der Waals surface area contributed by atoms with Crippen molar-refractivity contribution >= 4 is 11.6 Å². The number of ether oxygens (including phenoxy) is 1. The van der Waals surface area contributed by atoms with Crippen molar-refractivity contribution in [2.75, 3.05) is 11.9 Å². The molecule has 1 aliphatic carbocycles. The fourth-order valence-corrected chi connectivity index (χ4v) is 2.28. The quantitative estimate of drug-likeness (QED) is 0.915. The SMILES string of the molecule is O=C(Nc1ccccc1OCC(F)(F)F)C1CCCC1. The molecule has 0 radical (unpaired) electrons. The summed E-state index contributed by atoms with van der Waals surface area (Å²) in [5, 5.41) is 2.66. The Morgan fingerprint density at radius 1 is 1.25 bits per heavy atom. The minimum absolute atomic E-state index is 0.0381. The third-order valence-electron chi connectivity index (χ3n) is 3.26. The summed E-state index contributed by atoms with van der Waals surface area (Å²) >= 11 is 0. The van der Waals surface area contributed by atoms with Gasteiger partial charge in [-0.15, -0.1) is 0 Å². The molecule has 0 heterocycles. The number of carbonyl (C=O) groups excluding carboxylic acids is 1. The Balaban J connectivity index is 2.01. The molecule has 1 saturated carbocycles. The van der Waals surface area contributed by atoms with Gasteiger partial charge in [-0.05, 0) is 25.0 Å². The van der Waals surface area contributed by atoms with Crippen LogP contribution in [0.2, 0.25) is 0 Å². The molecule has 3 nitrogen and oxygen atoms in total. The van der Waals surface area contributed by atoms with E-state index in [-0.39, 0.29) is 23.3 Å². The number of amides is 1. The molecule has 6 heteroatoms. The van der Waals surface area contributed by atoms with E-state index in [2.05, 4.69) is 5.32 Å². The van der Waals surface area contributed by atoms with E-state index in [1.165, 1.54) is 6.07 Å². The first-order valence-electron chi connectivity index (χ1n) is 6.55. The predicted molar refractivity (Wildman–Crippen MR) is 68.6 cm³/mol. The highest BCUT2D eigenvalue weighted by molar-refractivity contribution is 5.94. The van der Waals surface area contributed by atoms with Gasteiger partial charge >= 0.3 is 6.18 Å². The van der Waals surface area contributed by atoms with Crippen LogP contribution in [-0.2, 0) is 4.79 Å². The first-order valence-corrected chi connectivity index (χ1v) is 6.55. The molecule has 1 aliphatic rings. The third-order valence-corrected chi connectivity index (χ3v) is 3.26. The molecule has 1 N–H and O–H groups in total. The maximum atomic E-state index is 12.2. The molecule has 0 spiro atoms. The monoisotopic (exact) mass is 287 g/mol. The number of hydrogen-bond acceptors (Lipinski definition) is 2. The number of halogens is 3. The third kappa shape index (κ3) is 4.15. The van der Waals surface area contributed by atoms with Gasteiger partial charge in [0.05, 0.1) is 5.69 Å². The standard InChI is InChI=1S/C14H16F3NO2/c15-14(16,17)9-20-12-8-4-3-7-11(12)18-13(19)10-5-1-2-6-10/h3-4,7-8,10H,1-2,5-6,9H2,(H,18,19). The number of nitrogens with one attached hydrogen (secondary N) is 1. The number of para-hydroxylation sites is 2. The summed E-state index contributed by atoms with van der Waals surface area (Å²) in [6.45, 7) is -1.37. The molecule has 0 unspecified atom stereocenters. The van der Waals surface area contributed by atoms with Gasteiger partial charge in [0, 0.05) is 5.92 Å². The molecule has 1 aromatic carbocycles. The molecule has 0 aromatic heterocycles. The largest absolute Gasteiger partial charge is 0.482 e. The topological polar surface area (TPSA) is 38.3 Å². The van der Waals surface area contributed by atoms with Crippen molar-refractivity contribution in [3.05, 3.63) is 24.3 Å². The Morgan fingerprint density at radius 3 is 2.55 bits per heavy atom. The summed E-state index contributed by atoms with van der Waals surface area (Å²) in [4.78, 5) is 12.0. The van der Waals surface area contributed by atoms with Crippen molar-refractivity contribution in [3.63, 3.8) is 0 Å². The van der Waals surface area contributed by atoms with E-state index in [0.29, 0.717) is 0 Å². The van der Waals surface area contributed by atoms with E-state index in [0.717, 1.165) is 25.7 Å². The lowest BCUT2D eigenvalue weighted by Gasteiger charge is -2.15. The van der Waals surface area contributed by atoms with E-state index in [1.807, 2.05) is 0 Å². The lowest BCUT2D eigenvalue weighted by molar-refractivity contribution is -0.153. The summed E-state index contributed by atoms with van der Waals surface area (Å²) in [6, 6.07) is 6.16. The molecule has 1 fully saturated rings. The molecule has 20 heavy (non-hydrogen) atoms. The van der Waals surface area contributed by atoms with E-state index in [9.17, 15) is 18.0 Å². The van der Waals surface area contributed by atoms with Gasteiger partial charge in [-0.25, -0.2) is 0 Å². The molecular weight excluding hydrogens is 271 g/mol. The Kier molecular flexibility index (Phi) is 4.52. The molecule has 110 valence electrons. The van der Waals surface area contributed by atoms with Crippen LogP contribution in [0.15, 0.2) is 24.3 Å². The van der Waals surface area contributed by atoms with E-state index in [1.54, 1.807) is 18.2 Å². The average molecular weight is 287 g/mol. The molecule has 1 aromatic rings. The fraction of sp³-hybridized carbons (Fsp3) is 0.500. The Bertz CT molecular complexity index is 468. The van der Waals surface area contributed by atoms with Gasteiger partial charge in [0.15, 0.2) is 6.61 Å². The molecule has 2 rings (SSSR count). The maximum Gasteiger partial charge on any atom is 0.422 e. The van der Waals surface area contributed by atoms with E-state index in [4.69, 9.17) is 4.74 Å². The summed E-state index contributed by atoms with van der Waals surface area (Å²) < 4.78 is 41.2. The lowest BCUT2D eigenvalue weighted by Crippen LogP contribution is -2.22. The number of anilines is 1. The van der Waals surface area contributed by atoms with Crippen molar-refractivity contribution in [2.24, 2.45) is 5.92 Å². The predicted octanol–water partition coefficient (Wildman–Crippen LogP) is 3.76. The number of alkyl halides is 3. The highest BCUT2D eigenvalue weighted by Crippen LogP contribution is 2.30. The minimum atomic E-state index is -4.40. The van der Waals surface area contributed by atoms with E-state index < -0.39 is 12.8 Å². The average Bonchev–Trinajstić information content (AvgIpc) is 2.90. The van der Waals surface area contributed by atoms with Crippen LogP contribution in [0.5, 0.6) is 5.75 Å². The van der Waals surface area contributed by atoms with E-state index >= 15 is 0 Å². The lowest BCUT2D eigenvalue weighted by atomic mass is 10.1. The number of benzene rings is 1. The van der Waals surface area contributed by atoms with Gasteiger partial charge in [0.1, 0.15) is 5.75 Å². The van der Waals surface area contributed by atoms with Crippen molar-refractivity contribution in [3.8, 4) is 5.75 Å². The first kappa shape index (κ1) is 14.7. The molecule has 1 amide bonds. The van der Waals surface area contributed by atoms with Crippen LogP contribution in [0.3, 0.4) is 0 Å². The smallest absolute Gasteiger partial charge is 0.422 e. The fourth-order valence-electron chi connectivity index (χ4n) is 2.28. The second-order valence-corrected chi connectivity index (χ2v) is 4.87. The van der Waals surface area contributed by atoms with Gasteiger partial charge in [-0.2, -0.15) is 13.2 Å². The number of rotatable bonds is 4. The zero-order chi connectivity index (χ0) is 14.6. The minimum Gasteiger partial charge on any atom is -0.482 e. The summed E-state index contributed by atoms with van der Waals surface area (Å²) in [5.41, 5.74) is 0.286. The number of carbonyl (C=O) groups is 1. The van der Waals surface area contributed by atoms with Gasteiger partial charge in [-0.1, -0.05) is 25.0 Å². The van der Waals surface area contributed by atoms with Crippen LogP contribution in [0.25, 0.3) is 0 Å². The van der Waals surface area contributed by atoms with Gasteiger partial charge in [0.25, 0.3) is 0 Å². The van der Waals surface area contributed by atoms with Gasteiger partial charge < -0.3 is 10.1 Å². The van der Waals surface area contributed by atoms with Crippen LogP contribution >= 0.6 is 0 Å². The van der Waals surface area contributed by atoms with Crippen LogP contribution < -0.4 is 10.1 Å². The van der Waals surface area contributed by atoms with Gasteiger partial charge in [0.2, 0.25) is 5.91 Å². The summed E-state index contributed by atoms with van der Waals surface area (Å²) in [5.74, 6) is -0.160. The molecule has 0 aliphatic heterocycles. The van der Waals surface area contributed by atoms with Crippen LogP contribution in [0, 0.1) is 5.92 Å². The van der Waals surface area contributed by atoms with Crippen molar-refractivity contribution in [1.82, 2.24) is 0 Å². The maximum absolute atomic E-state index is 12.2. The van der Waals surface area contributed by atoms with Crippen LogP contribution in [0.4, 0.5) is 18.9 Å². The zero-order valence-electron chi connectivity index (χ0n) is 10.9. The van der Waals surface area contributed by atoms with Crippen molar-refractivity contribution < 1.29 is 22.7 Å². The van der Waals surface area contributed by atoms with Crippen molar-refractivity contribution in [2.45, 2.75) is 31.9 Å². The zero-order valence-corrected chi connectivity index (χ0v) is 10.9. The summed E-state index contributed by atoms with van der Waals surface area (Å²) in [6.07, 6.45) is -0.702. The second-order valence-electron chi connectivity index (χ2n) is 4.87. The normalized spacial score (nSPS) is 16.1. The molecule has 0 bridgehead atoms. The summed E-state index contributed by atoms with van der Waals surface area (Å²) in [7, 11) is 0. The number of hydrogen-bond donors (Lipinski definition) is 1. The molecule has 0 saturated heterocycles. The van der Waals surface area contributed by atoms with Crippen LogP contribution in [0.1, 0.15) is 25.7 Å². The first-order chi connectivity index (χ1) is 9.46. The Labute approximate surface area is 115 Å². The molecule has 0 atom stereocenters. The Hall–Kier alpha value is -1.72. The van der Waals surface area contributed by atoms with Gasteiger partial charge in [-0.3, -0.25) is 4.79 Å². The molecular formula is C14H16F3NO2. The highest BCUT2D eigenvalue weighted by Gasteiger charge is 2.29. The van der Waals surface area contributed by atoms with Crippen molar-refractivity contribution in [1.29, 1.82) is 0 Å².